The first kappa shape index (κ1) is 17.1. The monoisotopic (exact) mass is 396 g/mol. The average molecular weight is 397 g/mol. The maximum atomic E-state index is 12.3. The number of rotatable bonds is 6. The van der Waals surface area contributed by atoms with Crippen molar-refractivity contribution in [2.75, 3.05) is 11.9 Å². The summed E-state index contributed by atoms with van der Waals surface area (Å²) in [6, 6.07) is 19.4. The Labute approximate surface area is 154 Å². The van der Waals surface area contributed by atoms with E-state index in [-0.39, 0.29) is 5.91 Å². The van der Waals surface area contributed by atoms with Gasteiger partial charge in [0.25, 0.3) is 5.91 Å². The van der Waals surface area contributed by atoms with E-state index >= 15 is 0 Å². The normalized spacial score (nSPS) is 10.3. The van der Waals surface area contributed by atoms with Gasteiger partial charge in [0.15, 0.2) is 0 Å². The maximum Gasteiger partial charge on any atom is 0.270 e. The predicted molar refractivity (Wildman–Crippen MR) is 102 cm³/mol. The molecule has 0 aliphatic carbocycles. The fourth-order valence-electron chi connectivity index (χ4n) is 2.31. The summed E-state index contributed by atoms with van der Waals surface area (Å²) in [5.74, 6) is 0.351. The van der Waals surface area contributed by atoms with E-state index in [0.717, 1.165) is 16.6 Å². The molecule has 0 bridgehead atoms. The van der Waals surface area contributed by atoms with Crippen LogP contribution in [0.5, 0.6) is 0 Å². The molecule has 5 nitrogen and oxygen atoms in total. The first-order valence-corrected chi connectivity index (χ1v) is 8.67. The minimum absolute atomic E-state index is 0.214. The number of halogens is 1. The number of hydrogen-bond donors (Lipinski definition) is 2. The van der Waals surface area contributed by atoms with Gasteiger partial charge in [0, 0.05) is 17.1 Å². The van der Waals surface area contributed by atoms with Crippen LogP contribution in [0.15, 0.2) is 71.5 Å². The number of hydrogen-bond acceptors (Lipinski definition) is 4. The molecule has 0 spiro atoms. The molecule has 126 valence electrons. The van der Waals surface area contributed by atoms with Crippen LogP contribution in [-0.4, -0.2) is 22.4 Å². The smallest absolute Gasteiger partial charge is 0.270 e. The highest BCUT2D eigenvalue weighted by Crippen LogP contribution is 2.24. The van der Waals surface area contributed by atoms with Crippen molar-refractivity contribution >= 4 is 33.3 Å². The van der Waals surface area contributed by atoms with Gasteiger partial charge in [-0.05, 0) is 40.0 Å². The zero-order valence-electron chi connectivity index (χ0n) is 13.4. The highest BCUT2D eigenvalue weighted by molar-refractivity contribution is 9.10. The molecule has 0 unspecified atom stereocenters. The van der Waals surface area contributed by atoms with Crippen molar-refractivity contribution in [2.24, 2.45) is 0 Å². The highest BCUT2D eigenvalue weighted by Gasteiger charge is 2.09. The molecule has 1 heterocycles. The van der Waals surface area contributed by atoms with Crippen molar-refractivity contribution in [1.29, 1.82) is 0 Å². The largest absolute Gasteiger partial charge is 0.350 e. The van der Waals surface area contributed by atoms with Gasteiger partial charge in [-0.25, -0.2) is 9.97 Å². The van der Waals surface area contributed by atoms with Crippen molar-refractivity contribution in [2.45, 2.75) is 6.42 Å². The summed E-state index contributed by atoms with van der Waals surface area (Å²) < 4.78 is 0.919. The van der Waals surface area contributed by atoms with Gasteiger partial charge < -0.3 is 10.6 Å². The van der Waals surface area contributed by atoms with Gasteiger partial charge in [0.1, 0.15) is 17.8 Å². The van der Waals surface area contributed by atoms with E-state index < -0.39 is 0 Å². The zero-order valence-corrected chi connectivity index (χ0v) is 15.0. The molecule has 1 amide bonds. The molecule has 3 aromatic rings. The summed E-state index contributed by atoms with van der Waals surface area (Å²) in [5.41, 5.74) is 2.39. The van der Waals surface area contributed by atoms with Crippen molar-refractivity contribution in [3.8, 4) is 0 Å². The zero-order chi connectivity index (χ0) is 17.5. The van der Waals surface area contributed by atoms with Crippen LogP contribution in [0.1, 0.15) is 16.1 Å². The number of nitrogens with zero attached hydrogens (tertiary/aromatic N) is 2. The summed E-state index contributed by atoms with van der Waals surface area (Å²) >= 11 is 3.47. The lowest BCUT2D eigenvalue weighted by atomic mass is 10.1. The SMILES string of the molecule is O=C(NCCc1ccccc1)c1cc(Nc2ccccc2Br)ncn1. The second kappa shape index (κ2) is 8.39. The van der Waals surface area contributed by atoms with Gasteiger partial charge in [0.05, 0.1) is 5.69 Å². The van der Waals surface area contributed by atoms with Crippen LogP contribution in [-0.2, 0) is 6.42 Å². The number of carbonyl (C=O) groups is 1. The summed E-state index contributed by atoms with van der Waals surface area (Å²) in [6.07, 6.45) is 2.16. The highest BCUT2D eigenvalue weighted by atomic mass is 79.9. The third-order valence-electron chi connectivity index (χ3n) is 3.58. The van der Waals surface area contributed by atoms with Gasteiger partial charge in [-0.3, -0.25) is 4.79 Å². The molecule has 1 aromatic heterocycles. The van der Waals surface area contributed by atoms with Crippen LogP contribution < -0.4 is 10.6 Å². The molecule has 0 saturated carbocycles. The third kappa shape index (κ3) is 4.87. The molecule has 25 heavy (non-hydrogen) atoms. The Bertz CT molecular complexity index is 855. The standard InChI is InChI=1S/C19H17BrN4O/c20-15-8-4-5-9-16(15)24-18-12-17(22-13-23-18)19(25)21-11-10-14-6-2-1-3-7-14/h1-9,12-13H,10-11H2,(H,21,25)(H,22,23,24). The summed E-state index contributed by atoms with van der Waals surface area (Å²) in [6.45, 7) is 0.555. The van der Waals surface area contributed by atoms with E-state index in [4.69, 9.17) is 0 Å². The van der Waals surface area contributed by atoms with Crippen molar-refractivity contribution in [3.05, 3.63) is 82.7 Å². The van der Waals surface area contributed by atoms with Crippen LogP contribution in [0.3, 0.4) is 0 Å². The minimum atomic E-state index is -0.214. The summed E-state index contributed by atoms with van der Waals surface area (Å²) in [5, 5.41) is 6.06. The molecule has 3 rings (SSSR count). The Morgan fingerprint density at radius 2 is 1.76 bits per heavy atom. The fourth-order valence-corrected chi connectivity index (χ4v) is 2.69. The Morgan fingerprint density at radius 3 is 2.56 bits per heavy atom. The minimum Gasteiger partial charge on any atom is -0.350 e. The Kier molecular flexibility index (Phi) is 5.74. The number of anilines is 2. The van der Waals surface area contributed by atoms with Crippen molar-refractivity contribution in [3.63, 3.8) is 0 Å². The van der Waals surface area contributed by atoms with E-state index in [1.165, 1.54) is 11.9 Å². The first-order valence-electron chi connectivity index (χ1n) is 7.88. The second-order valence-corrected chi connectivity index (χ2v) is 6.24. The van der Waals surface area contributed by atoms with Crippen LogP contribution in [0.25, 0.3) is 0 Å². The average Bonchev–Trinajstić information content (AvgIpc) is 2.65. The number of benzene rings is 2. The van der Waals surface area contributed by atoms with Gasteiger partial charge in [-0.1, -0.05) is 42.5 Å². The summed E-state index contributed by atoms with van der Waals surface area (Å²) in [7, 11) is 0. The molecule has 0 atom stereocenters. The lowest BCUT2D eigenvalue weighted by molar-refractivity contribution is 0.0949. The van der Waals surface area contributed by atoms with Gasteiger partial charge in [-0.2, -0.15) is 0 Å². The lowest BCUT2D eigenvalue weighted by Gasteiger charge is -2.09. The van der Waals surface area contributed by atoms with E-state index in [0.29, 0.717) is 18.1 Å². The maximum absolute atomic E-state index is 12.3. The topological polar surface area (TPSA) is 66.9 Å². The molecule has 0 aliphatic rings. The number of nitrogens with one attached hydrogen (secondary N) is 2. The van der Waals surface area contributed by atoms with Gasteiger partial charge in [-0.15, -0.1) is 0 Å². The predicted octanol–water partition coefficient (Wildman–Crippen LogP) is 3.96. The lowest BCUT2D eigenvalue weighted by Crippen LogP contribution is -2.26. The van der Waals surface area contributed by atoms with E-state index in [9.17, 15) is 4.79 Å². The number of para-hydroxylation sites is 1. The van der Waals surface area contributed by atoms with Crippen LogP contribution in [0, 0.1) is 0 Å². The Hall–Kier alpha value is -2.73. The van der Waals surface area contributed by atoms with E-state index in [1.54, 1.807) is 6.07 Å². The molecule has 0 radical (unpaired) electrons. The van der Waals surface area contributed by atoms with E-state index in [1.807, 2.05) is 54.6 Å². The molecule has 0 aliphatic heterocycles. The fraction of sp³-hybridized carbons (Fsp3) is 0.105. The number of amides is 1. The Morgan fingerprint density at radius 1 is 1.00 bits per heavy atom. The van der Waals surface area contributed by atoms with Gasteiger partial charge >= 0.3 is 0 Å². The van der Waals surface area contributed by atoms with Crippen molar-refractivity contribution in [1.82, 2.24) is 15.3 Å². The second-order valence-electron chi connectivity index (χ2n) is 5.38. The van der Waals surface area contributed by atoms with Gasteiger partial charge in [0.2, 0.25) is 0 Å². The van der Waals surface area contributed by atoms with Crippen LogP contribution in [0.4, 0.5) is 11.5 Å². The molecule has 0 saturated heterocycles. The number of carbonyl (C=O) groups excluding carboxylic acids is 1. The molecule has 0 fully saturated rings. The third-order valence-corrected chi connectivity index (χ3v) is 4.27. The summed E-state index contributed by atoms with van der Waals surface area (Å²) in [4.78, 5) is 20.5. The quantitative estimate of drug-likeness (QED) is 0.661. The molecular weight excluding hydrogens is 380 g/mol. The molecular formula is C19H17BrN4O. The molecule has 2 N–H and O–H groups in total. The first-order chi connectivity index (χ1) is 12.2. The van der Waals surface area contributed by atoms with E-state index in [2.05, 4.69) is 36.5 Å². The molecule has 2 aromatic carbocycles. The number of aromatic nitrogens is 2. The van der Waals surface area contributed by atoms with Crippen molar-refractivity contribution < 1.29 is 4.79 Å². The Balaban J connectivity index is 1.60. The van der Waals surface area contributed by atoms with Crippen LogP contribution >= 0.6 is 15.9 Å². The van der Waals surface area contributed by atoms with Crippen LogP contribution in [0.2, 0.25) is 0 Å². The molecule has 6 heteroatoms.